The van der Waals surface area contributed by atoms with Gasteiger partial charge in [0.1, 0.15) is 0 Å². The number of fused-ring (bicyclic) bond motifs is 1. The maximum absolute atomic E-state index is 11.0. The van der Waals surface area contributed by atoms with Crippen LogP contribution in [0, 0.1) is 6.92 Å². The van der Waals surface area contributed by atoms with Gasteiger partial charge in [0.2, 0.25) is 0 Å². The Morgan fingerprint density at radius 2 is 1.53 bits per heavy atom. The highest BCUT2D eigenvalue weighted by Crippen LogP contribution is 2.27. The topological polar surface area (TPSA) is 69.4 Å². The molecule has 0 bridgehead atoms. The number of hydrogen-bond acceptors (Lipinski definition) is 5. The maximum atomic E-state index is 11.0. The fraction of sp³-hybridized carbons (Fsp3) is 0.500. The summed E-state index contributed by atoms with van der Waals surface area (Å²) in [6.07, 6.45) is 16.9. The molecule has 1 aliphatic rings. The first-order valence-corrected chi connectivity index (χ1v) is 16.7. The lowest BCUT2D eigenvalue weighted by molar-refractivity contribution is 0.0600. The van der Waals surface area contributed by atoms with E-state index in [0.717, 1.165) is 28.7 Å². The number of esters is 1. The summed E-state index contributed by atoms with van der Waals surface area (Å²) >= 11 is 3.52. The van der Waals surface area contributed by atoms with E-state index >= 15 is 0 Å². The molecule has 0 amide bonds. The minimum absolute atomic E-state index is 0.280. The Hall–Kier alpha value is -3.06. The minimum atomic E-state index is -0.280. The summed E-state index contributed by atoms with van der Waals surface area (Å²) in [6.45, 7) is 14.8. The molecular formula is C36H53BrN4O2. The van der Waals surface area contributed by atoms with Gasteiger partial charge in [-0.3, -0.25) is 4.98 Å². The van der Waals surface area contributed by atoms with E-state index in [9.17, 15) is 4.79 Å². The third-order valence-corrected chi connectivity index (χ3v) is 7.15. The summed E-state index contributed by atoms with van der Waals surface area (Å²) in [5.74, 6) is 0.295. The van der Waals surface area contributed by atoms with Crippen molar-refractivity contribution >= 4 is 27.5 Å². The molecule has 43 heavy (non-hydrogen) atoms. The number of benzene rings is 1. The molecule has 7 heteroatoms. The van der Waals surface area contributed by atoms with Crippen LogP contribution in [0.4, 0.5) is 0 Å². The van der Waals surface area contributed by atoms with Crippen LogP contribution < -0.4 is 0 Å². The number of hydrogen-bond donors (Lipinski definition) is 0. The molecule has 0 unspecified atom stereocenters. The van der Waals surface area contributed by atoms with Crippen molar-refractivity contribution in [1.82, 2.24) is 19.6 Å². The second-order valence-electron chi connectivity index (χ2n) is 10.1. The van der Waals surface area contributed by atoms with Gasteiger partial charge in [-0.05, 0) is 83.9 Å². The number of aryl methyl sites for hydroxylation is 3. The lowest BCUT2D eigenvalue weighted by Gasteiger charge is -2.15. The van der Waals surface area contributed by atoms with Crippen molar-refractivity contribution < 1.29 is 9.53 Å². The summed E-state index contributed by atoms with van der Waals surface area (Å²) in [5, 5.41) is 4.32. The zero-order valence-corrected chi connectivity index (χ0v) is 29.3. The highest BCUT2D eigenvalue weighted by atomic mass is 79.9. The van der Waals surface area contributed by atoms with Gasteiger partial charge in [0.15, 0.2) is 5.65 Å². The Morgan fingerprint density at radius 1 is 0.930 bits per heavy atom. The van der Waals surface area contributed by atoms with Crippen LogP contribution in [0.1, 0.15) is 125 Å². The van der Waals surface area contributed by atoms with Crippen LogP contribution in [0.2, 0.25) is 0 Å². The van der Waals surface area contributed by atoms with E-state index in [2.05, 4.69) is 77.5 Å². The smallest absolute Gasteiger partial charge is 0.337 e. The van der Waals surface area contributed by atoms with E-state index in [4.69, 9.17) is 4.98 Å². The third kappa shape index (κ3) is 14.3. The lowest BCUT2D eigenvalue weighted by Crippen LogP contribution is -2.05. The minimum Gasteiger partial charge on any atom is -0.465 e. The number of pyridine rings is 1. The molecule has 1 saturated carbocycles. The zero-order valence-electron chi connectivity index (χ0n) is 27.7. The van der Waals surface area contributed by atoms with Gasteiger partial charge in [0.05, 0.1) is 23.3 Å². The number of rotatable bonds is 8. The summed E-state index contributed by atoms with van der Waals surface area (Å²) in [5.41, 5.74) is 6.43. The highest BCUT2D eigenvalue weighted by Gasteiger charge is 2.15. The van der Waals surface area contributed by atoms with Gasteiger partial charge < -0.3 is 4.74 Å². The summed E-state index contributed by atoms with van der Waals surface area (Å²) in [4.78, 5) is 19.7. The van der Waals surface area contributed by atoms with Crippen molar-refractivity contribution in [2.24, 2.45) is 0 Å². The summed E-state index contributed by atoms with van der Waals surface area (Å²) in [7, 11) is 1.38. The van der Waals surface area contributed by atoms with E-state index in [1.54, 1.807) is 18.3 Å². The monoisotopic (exact) mass is 652 g/mol. The van der Waals surface area contributed by atoms with Crippen LogP contribution in [-0.2, 0) is 17.6 Å². The highest BCUT2D eigenvalue weighted by molar-refractivity contribution is 9.10. The van der Waals surface area contributed by atoms with Gasteiger partial charge in [0, 0.05) is 29.7 Å². The lowest BCUT2D eigenvalue weighted by atomic mass is 9.94. The predicted octanol–water partition coefficient (Wildman–Crippen LogP) is 10.4. The van der Waals surface area contributed by atoms with Gasteiger partial charge in [-0.15, -0.1) is 0 Å². The summed E-state index contributed by atoms with van der Waals surface area (Å²) < 4.78 is 7.43. The fourth-order valence-electron chi connectivity index (χ4n) is 4.06. The van der Waals surface area contributed by atoms with Crippen molar-refractivity contribution in [2.45, 2.75) is 112 Å². The molecular weight excluding hydrogens is 600 g/mol. The van der Waals surface area contributed by atoms with Gasteiger partial charge in [-0.2, -0.15) is 5.10 Å². The number of methoxy groups -OCH3 is 1. The molecule has 6 nitrogen and oxygen atoms in total. The quantitative estimate of drug-likeness (QED) is 0.177. The number of aromatic nitrogens is 4. The van der Waals surface area contributed by atoms with E-state index < -0.39 is 0 Å². The second-order valence-corrected chi connectivity index (χ2v) is 11.0. The molecule has 0 atom stereocenters. The number of ether oxygens (including phenoxy) is 1. The molecule has 3 heterocycles. The molecule has 0 radical (unpaired) electrons. The SMILES string of the molecule is C1CC1.CC.CCCC(CCC)c1cc(C)n2ncc(Br)c2n1.CCc1ccc(C(=O)OC)cc1.CCc1cccnc1. The first kappa shape index (κ1) is 38.0. The Labute approximate surface area is 268 Å². The second kappa shape index (κ2) is 22.5. The molecule has 0 spiro atoms. The van der Waals surface area contributed by atoms with Crippen LogP contribution in [-0.4, -0.2) is 32.7 Å². The van der Waals surface area contributed by atoms with Crippen LogP contribution in [0.3, 0.4) is 0 Å². The molecule has 1 aliphatic carbocycles. The molecule has 1 fully saturated rings. The van der Waals surface area contributed by atoms with E-state index in [0.29, 0.717) is 11.5 Å². The maximum Gasteiger partial charge on any atom is 0.337 e. The predicted molar refractivity (Wildman–Crippen MR) is 184 cm³/mol. The Balaban J connectivity index is 0.000000317. The Morgan fingerprint density at radius 3 is 1.98 bits per heavy atom. The normalized spacial score (nSPS) is 11.0. The Bertz CT molecular complexity index is 1280. The van der Waals surface area contributed by atoms with E-state index in [-0.39, 0.29) is 5.97 Å². The van der Waals surface area contributed by atoms with Gasteiger partial charge in [-0.25, -0.2) is 14.3 Å². The average Bonchev–Trinajstić information content (AvgIpc) is 3.91. The van der Waals surface area contributed by atoms with Crippen molar-refractivity contribution in [2.75, 3.05) is 7.11 Å². The Kier molecular flexibility index (Phi) is 19.8. The van der Waals surface area contributed by atoms with Gasteiger partial charge >= 0.3 is 5.97 Å². The molecule has 0 N–H and O–H groups in total. The van der Waals surface area contributed by atoms with Gasteiger partial charge in [0.25, 0.3) is 0 Å². The van der Waals surface area contributed by atoms with Crippen molar-refractivity contribution in [3.05, 3.63) is 93.6 Å². The van der Waals surface area contributed by atoms with Crippen molar-refractivity contribution in [1.29, 1.82) is 0 Å². The van der Waals surface area contributed by atoms with Crippen LogP contribution >= 0.6 is 15.9 Å². The number of carbonyl (C=O) groups excluding carboxylic acids is 1. The van der Waals surface area contributed by atoms with Crippen LogP contribution in [0.5, 0.6) is 0 Å². The first-order valence-electron chi connectivity index (χ1n) is 15.9. The number of carbonyl (C=O) groups is 1. The largest absolute Gasteiger partial charge is 0.465 e. The number of halogens is 1. The van der Waals surface area contributed by atoms with Crippen molar-refractivity contribution in [3.63, 3.8) is 0 Å². The third-order valence-electron chi connectivity index (χ3n) is 6.59. The van der Waals surface area contributed by atoms with Crippen LogP contribution in [0.25, 0.3) is 5.65 Å². The molecule has 5 rings (SSSR count). The van der Waals surface area contributed by atoms with Gasteiger partial charge in [-0.1, -0.05) is 91.8 Å². The van der Waals surface area contributed by atoms with E-state index in [1.807, 2.05) is 49.0 Å². The van der Waals surface area contributed by atoms with Crippen LogP contribution in [0.15, 0.2) is 65.5 Å². The molecule has 0 saturated heterocycles. The average molecular weight is 654 g/mol. The molecule has 0 aliphatic heterocycles. The first-order chi connectivity index (χ1) is 20.9. The van der Waals surface area contributed by atoms with Crippen molar-refractivity contribution in [3.8, 4) is 0 Å². The fourth-order valence-corrected chi connectivity index (χ4v) is 4.41. The molecule has 236 valence electrons. The molecule has 3 aromatic heterocycles. The molecule has 1 aromatic carbocycles. The zero-order chi connectivity index (χ0) is 32.0. The number of nitrogens with zero attached hydrogens (tertiary/aromatic N) is 4. The molecule has 4 aromatic rings. The summed E-state index contributed by atoms with van der Waals surface area (Å²) in [6, 6.07) is 13.7. The standard InChI is InChI=1S/C14H20BrN3.C10H12O2.C7H9N.C3H6.C2H6/c1-4-6-11(7-5-2)13-8-10(3)18-14(17-13)12(15)9-16-18;1-3-8-4-6-9(7-5-8)10(11)12-2;1-2-7-4-3-5-8-6-7;1-2-3-1;1-2/h8-9,11H,4-7H2,1-3H3;4-7H,3H2,1-2H3;3-6H,2H2,1H3;1-3H2;1-2H3. The van der Waals surface area contributed by atoms with E-state index in [1.165, 1.54) is 68.9 Å².